The molecule has 4 atom stereocenters. The highest BCUT2D eigenvalue weighted by atomic mass is 16.5. The van der Waals surface area contributed by atoms with Gasteiger partial charge in [0, 0.05) is 18.6 Å². The van der Waals surface area contributed by atoms with Gasteiger partial charge in [-0.25, -0.2) is 0 Å². The molecule has 0 spiro atoms. The minimum atomic E-state index is -0.122. The third-order valence-corrected chi connectivity index (χ3v) is 4.31. The molecule has 0 bridgehead atoms. The molecule has 1 saturated heterocycles. The molecule has 0 aromatic carbocycles. The number of aliphatic hydroxyl groups excluding tert-OH is 1. The third-order valence-electron chi connectivity index (χ3n) is 4.31. The van der Waals surface area contributed by atoms with Crippen molar-refractivity contribution in [2.75, 3.05) is 19.8 Å². The smallest absolute Gasteiger partial charge is 0.0695 e. The van der Waals surface area contributed by atoms with Gasteiger partial charge in [0.25, 0.3) is 0 Å². The van der Waals surface area contributed by atoms with Crippen LogP contribution >= 0.6 is 0 Å². The van der Waals surface area contributed by atoms with E-state index in [9.17, 15) is 5.11 Å². The largest absolute Gasteiger partial charge is 0.391 e. The molecule has 0 aromatic heterocycles. The van der Waals surface area contributed by atoms with Crippen molar-refractivity contribution in [1.29, 1.82) is 0 Å². The van der Waals surface area contributed by atoms with Crippen molar-refractivity contribution >= 4 is 0 Å². The fourth-order valence-electron chi connectivity index (χ4n) is 3.18. The van der Waals surface area contributed by atoms with Crippen LogP contribution in [0.4, 0.5) is 0 Å². The van der Waals surface area contributed by atoms with E-state index in [2.05, 4.69) is 18.7 Å². The quantitative estimate of drug-likeness (QED) is 0.778. The van der Waals surface area contributed by atoms with Crippen LogP contribution in [0.5, 0.6) is 0 Å². The predicted octanol–water partition coefficient (Wildman–Crippen LogP) is 1.65. The Morgan fingerprint density at radius 3 is 2.88 bits per heavy atom. The lowest BCUT2D eigenvalue weighted by Gasteiger charge is -2.45. The Labute approximate surface area is 98.8 Å². The van der Waals surface area contributed by atoms with Crippen molar-refractivity contribution in [2.45, 2.75) is 57.7 Å². The topological polar surface area (TPSA) is 32.7 Å². The zero-order valence-corrected chi connectivity index (χ0v) is 10.6. The molecule has 0 aromatic rings. The van der Waals surface area contributed by atoms with E-state index >= 15 is 0 Å². The number of nitrogens with zero attached hydrogens (tertiary/aromatic N) is 1. The van der Waals surface area contributed by atoms with Gasteiger partial charge in [0.2, 0.25) is 0 Å². The van der Waals surface area contributed by atoms with Crippen LogP contribution < -0.4 is 0 Å². The van der Waals surface area contributed by atoms with Gasteiger partial charge in [-0.1, -0.05) is 13.3 Å². The first-order chi connectivity index (χ1) is 7.72. The maximum Gasteiger partial charge on any atom is 0.0695 e. The fourth-order valence-corrected chi connectivity index (χ4v) is 3.18. The molecule has 1 heterocycles. The van der Waals surface area contributed by atoms with Crippen LogP contribution in [0.15, 0.2) is 0 Å². The van der Waals surface area contributed by atoms with Crippen LogP contribution in [0, 0.1) is 5.92 Å². The van der Waals surface area contributed by atoms with E-state index in [1.165, 1.54) is 19.3 Å². The average molecular weight is 227 g/mol. The van der Waals surface area contributed by atoms with E-state index in [-0.39, 0.29) is 6.10 Å². The molecule has 3 nitrogen and oxygen atoms in total. The average Bonchev–Trinajstić information content (AvgIpc) is 2.31. The number of aliphatic hydroxyl groups is 1. The third kappa shape index (κ3) is 2.58. The Morgan fingerprint density at radius 1 is 1.38 bits per heavy atom. The molecule has 94 valence electrons. The van der Waals surface area contributed by atoms with E-state index in [0.29, 0.717) is 12.1 Å². The summed E-state index contributed by atoms with van der Waals surface area (Å²) in [6.45, 7) is 7.10. The van der Waals surface area contributed by atoms with Gasteiger partial charge in [0.05, 0.1) is 19.3 Å². The maximum atomic E-state index is 10.2. The van der Waals surface area contributed by atoms with Crippen molar-refractivity contribution in [3.63, 3.8) is 0 Å². The lowest BCUT2D eigenvalue weighted by molar-refractivity contribution is -0.0724. The van der Waals surface area contributed by atoms with Crippen LogP contribution in [0.3, 0.4) is 0 Å². The number of hydrogen-bond donors (Lipinski definition) is 1. The predicted molar refractivity (Wildman–Crippen MR) is 64.4 cm³/mol. The van der Waals surface area contributed by atoms with Crippen molar-refractivity contribution in [3.8, 4) is 0 Å². The number of rotatable bonds is 2. The van der Waals surface area contributed by atoms with Gasteiger partial charge in [-0.05, 0) is 32.1 Å². The summed E-state index contributed by atoms with van der Waals surface area (Å²) in [6.07, 6.45) is 4.48. The molecule has 0 amide bonds. The molecule has 2 aliphatic rings. The summed E-state index contributed by atoms with van der Waals surface area (Å²) >= 11 is 0. The van der Waals surface area contributed by atoms with Crippen molar-refractivity contribution in [1.82, 2.24) is 4.90 Å². The maximum absolute atomic E-state index is 10.2. The van der Waals surface area contributed by atoms with Crippen LogP contribution in [-0.4, -0.2) is 48.0 Å². The lowest BCUT2D eigenvalue weighted by atomic mass is 9.81. The number of hydrogen-bond acceptors (Lipinski definition) is 3. The molecule has 2 rings (SSSR count). The summed E-state index contributed by atoms with van der Waals surface area (Å²) in [5, 5.41) is 10.2. The molecule has 0 radical (unpaired) electrons. The summed E-state index contributed by atoms with van der Waals surface area (Å²) in [7, 11) is 0. The second-order valence-electron chi connectivity index (χ2n) is 5.38. The summed E-state index contributed by atoms with van der Waals surface area (Å²) in [5.41, 5.74) is 0. The number of morpholine rings is 1. The highest BCUT2D eigenvalue weighted by Gasteiger charge is 2.35. The van der Waals surface area contributed by atoms with Gasteiger partial charge in [0.1, 0.15) is 0 Å². The molecule has 4 unspecified atom stereocenters. The molecular weight excluding hydrogens is 202 g/mol. The Balaban J connectivity index is 1.99. The normalized spacial score (nSPS) is 42.2. The number of ether oxygens (including phenoxy) is 1. The SMILES string of the molecule is CCC1CCC(O)C(N2CCOCC2C)C1. The van der Waals surface area contributed by atoms with E-state index in [0.717, 1.165) is 32.1 Å². The van der Waals surface area contributed by atoms with E-state index in [1.54, 1.807) is 0 Å². The first-order valence-corrected chi connectivity index (χ1v) is 6.74. The summed E-state index contributed by atoms with van der Waals surface area (Å²) in [5.74, 6) is 0.809. The van der Waals surface area contributed by atoms with Gasteiger partial charge in [-0.15, -0.1) is 0 Å². The van der Waals surface area contributed by atoms with Crippen molar-refractivity contribution in [2.24, 2.45) is 5.92 Å². The van der Waals surface area contributed by atoms with Crippen molar-refractivity contribution in [3.05, 3.63) is 0 Å². The molecule has 1 saturated carbocycles. The molecule has 1 N–H and O–H groups in total. The minimum absolute atomic E-state index is 0.122. The standard InChI is InChI=1S/C13H25NO2/c1-3-11-4-5-13(15)12(8-11)14-6-7-16-9-10(14)2/h10-13,15H,3-9H2,1-2H3. The van der Waals surface area contributed by atoms with Crippen LogP contribution in [0.1, 0.15) is 39.5 Å². The van der Waals surface area contributed by atoms with E-state index in [4.69, 9.17) is 4.74 Å². The lowest BCUT2D eigenvalue weighted by Crippen LogP contribution is -2.55. The molecular formula is C13H25NO2. The highest BCUT2D eigenvalue weighted by molar-refractivity contribution is 4.89. The highest BCUT2D eigenvalue weighted by Crippen LogP contribution is 2.31. The Kier molecular flexibility index (Phi) is 4.22. The molecule has 16 heavy (non-hydrogen) atoms. The van der Waals surface area contributed by atoms with E-state index in [1.807, 2.05) is 0 Å². The van der Waals surface area contributed by atoms with Gasteiger partial charge in [-0.2, -0.15) is 0 Å². The molecule has 3 heteroatoms. The van der Waals surface area contributed by atoms with Gasteiger partial charge in [-0.3, -0.25) is 4.90 Å². The zero-order chi connectivity index (χ0) is 11.5. The molecule has 1 aliphatic heterocycles. The second-order valence-corrected chi connectivity index (χ2v) is 5.38. The summed E-state index contributed by atoms with van der Waals surface area (Å²) in [4.78, 5) is 2.47. The first-order valence-electron chi connectivity index (χ1n) is 6.74. The summed E-state index contributed by atoms with van der Waals surface area (Å²) < 4.78 is 5.47. The fraction of sp³-hybridized carbons (Fsp3) is 1.00. The Morgan fingerprint density at radius 2 is 2.19 bits per heavy atom. The van der Waals surface area contributed by atoms with Crippen LogP contribution in [-0.2, 0) is 4.74 Å². The van der Waals surface area contributed by atoms with Crippen molar-refractivity contribution < 1.29 is 9.84 Å². The van der Waals surface area contributed by atoms with Gasteiger partial charge in [0.15, 0.2) is 0 Å². The van der Waals surface area contributed by atoms with Gasteiger partial charge < -0.3 is 9.84 Å². The van der Waals surface area contributed by atoms with Crippen LogP contribution in [0.2, 0.25) is 0 Å². The minimum Gasteiger partial charge on any atom is -0.391 e. The summed E-state index contributed by atoms with van der Waals surface area (Å²) in [6, 6.07) is 0.835. The monoisotopic (exact) mass is 227 g/mol. The first kappa shape index (κ1) is 12.3. The Bertz CT molecular complexity index is 222. The molecule has 1 aliphatic carbocycles. The molecule has 2 fully saturated rings. The Hall–Kier alpha value is -0.120. The zero-order valence-electron chi connectivity index (χ0n) is 10.6. The van der Waals surface area contributed by atoms with E-state index < -0.39 is 0 Å². The second kappa shape index (κ2) is 5.48. The van der Waals surface area contributed by atoms with Gasteiger partial charge >= 0.3 is 0 Å². The van der Waals surface area contributed by atoms with Crippen LogP contribution in [0.25, 0.3) is 0 Å².